The number of amides is 1. The smallest absolute Gasteiger partial charge is 0.416 e. The predicted molar refractivity (Wildman–Crippen MR) is 162 cm³/mol. The Morgan fingerprint density at radius 2 is 1.71 bits per heavy atom. The van der Waals surface area contributed by atoms with E-state index in [9.17, 15) is 26.4 Å². The largest absolute Gasteiger partial charge is 0.467 e. The normalized spacial score (nSPS) is 19.0. The second kappa shape index (κ2) is 11.2. The van der Waals surface area contributed by atoms with Gasteiger partial charge in [0.1, 0.15) is 6.10 Å². The van der Waals surface area contributed by atoms with Crippen LogP contribution in [-0.2, 0) is 22.7 Å². The fraction of sp³-hybridized carbons (Fsp3) is 0.303. The number of alkyl halides is 3. The number of aryl methyl sites for hydroxylation is 2. The van der Waals surface area contributed by atoms with Crippen LogP contribution in [0.3, 0.4) is 0 Å². The molecule has 2 aliphatic heterocycles. The fourth-order valence-corrected chi connectivity index (χ4v) is 7.10. The summed E-state index contributed by atoms with van der Waals surface area (Å²) < 4.78 is 77.5. The molecule has 0 aliphatic carbocycles. The van der Waals surface area contributed by atoms with Crippen molar-refractivity contribution < 1.29 is 31.1 Å². The summed E-state index contributed by atoms with van der Waals surface area (Å²) in [6.45, 7) is 7.65. The molecule has 234 valence electrons. The third-order valence-electron chi connectivity index (χ3n) is 8.15. The zero-order chi connectivity index (χ0) is 32.3. The average molecular weight is 637 g/mol. The molecule has 1 aromatic heterocycles. The molecular weight excluding hydrogens is 605 g/mol. The first-order valence-corrected chi connectivity index (χ1v) is 16.0. The SMILES string of the molecule is Cc1cccc(C)c1-c1cc2nc(n1)NS(=O)(=O)c1cccc(c1)C(=O)N1Cc3cc(C(F)(F)F)ccc3[C@H](O2)[C@H]1CC(C)C. The standard InChI is InChI=1S/C33H31F3N4O4S/c1-18(2)13-27-30-25-12-11-23(33(34,35)36)14-22(25)17-40(27)31(41)21-9-6-10-24(15-21)45(42,43)39-32-37-26(16-28(38-32)44-30)29-19(3)7-5-8-20(29)4/h5-12,14-16,18,27,30H,13,17H2,1-4H3,(H,37,38,39)/t27-,30+/m1/s1. The van der Waals surface area contributed by atoms with Gasteiger partial charge in [0.05, 0.1) is 22.2 Å². The number of carbonyl (C=O) groups excluding carboxylic acids is 1. The molecule has 1 N–H and O–H groups in total. The third kappa shape index (κ3) is 5.86. The minimum atomic E-state index is -4.59. The van der Waals surface area contributed by atoms with Crippen LogP contribution in [0.4, 0.5) is 19.1 Å². The molecule has 0 saturated heterocycles. The van der Waals surface area contributed by atoms with Gasteiger partial charge in [0.2, 0.25) is 11.8 Å². The molecule has 8 nitrogen and oxygen atoms in total. The van der Waals surface area contributed by atoms with Crippen LogP contribution in [0, 0.1) is 19.8 Å². The Morgan fingerprint density at radius 1 is 1.00 bits per heavy atom. The number of fused-ring (bicyclic) bond motifs is 8. The van der Waals surface area contributed by atoms with Gasteiger partial charge < -0.3 is 9.64 Å². The van der Waals surface area contributed by atoms with Gasteiger partial charge in [-0.05, 0) is 78.8 Å². The zero-order valence-corrected chi connectivity index (χ0v) is 25.8. The van der Waals surface area contributed by atoms with E-state index in [2.05, 4.69) is 14.7 Å². The van der Waals surface area contributed by atoms with E-state index in [4.69, 9.17) is 4.74 Å². The molecule has 45 heavy (non-hydrogen) atoms. The lowest BCUT2D eigenvalue weighted by Crippen LogP contribution is -2.49. The Labute approximate surface area is 259 Å². The number of hydrogen-bond acceptors (Lipinski definition) is 6. The molecule has 0 fully saturated rings. The molecule has 0 saturated carbocycles. The van der Waals surface area contributed by atoms with E-state index < -0.39 is 39.8 Å². The number of anilines is 1. The number of ether oxygens (including phenoxy) is 1. The number of hydrogen-bond donors (Lipinski definition) is 1. The highest BCUT2D eigenvalue weighted by Crippen LogP contribution is 2.42. The summed E-state index contributed by atoms with van der Waals surface area (Å²) >= 11 is 0. The monoisotopic (exact) mass is 636 g/mol. The van der Waals surface area contributed by atoms with Crippen molar-refractivity contribution in [1.29, 1.82) is 0 Å². The van der Waals surface area contributed by atoms with Crippen molar-refractivity contribution in [3.63, 3.8) is 0 Å². The summed E-state index contributed by atoms with van der Waals surface area (Å²) in [5, 5.41) is 0. The van der Waals surface area contributed by atoms with E-state index in [0.29, 0.717) is 17.7 Å². The summed E-state index contributed by atoms with van der Waals surface area (Å²) in [5.74, 6) is -0.697. The fourth-order valence-electron chi connectivity index (χ4n) is 6.12. The van der Waals surface area contributed by atoms with Gasteiger partial charge in [-0.25, -0.2) is 18.1 Å². The molecule has 3 aromatic carbocycles. The Kier molecular flexibility index (Phi) is 7.59. The highest BCUT2D eigenvalue weighted by Gasteiger charge is 2.42. The minimum Gasteiger partial charge on any atom is -0.467 e. The van der Waals surface area contributed by atoms with Gasteiger partial charge in [-0.2, -0.15) is 18.2 Å². The predicted octanol–water partition coefficient (Wildman–Crippen LogP) is 7.08. The first-order chi connectivity index (χ1) is 21.2. The maximum Gasteiger partial charge on any atom is 0.416 e. The molecule has 2 atom stereocenters. The topological polar surface area (TPSA) is 101 Å². The number of halogens is 3. The van der Waals surface area contributed by atoms with Crippen LogP contribution in [0.25, 0.3) is 11.3 Å². The van der Waals surface area contributed by atoms with Gasteiger partial charge in [-0.1, -0.05) is 44.2 Å². The van der Waals surface area contributed by atoms with Crippen molar-refractivity contribution >= 4 is 21.9 Å². The van der Waals surface area contributed by atoms with E-state index in [1.807, 2.05) is 45.9 Å². The van der Waals surface area contributed by atoms with E-state index >= 15 is 0 Å². The van der Waals surface area contributed by atoms with Crippen LogP contribution in [-0.4, -0.2) is 35.2 Å². The number of nitrogens with zero attached hydrogens (tertiary/aromatic N) is 3. The Balaban J connectivity index is 1.63. The van der Waals surface area contributed by atoms with Gasteiger partial charge >= 0.3 is 6.18 Å². The van der Waals surface area contributed by atoms with Crippen molar-refractivity contribution in [2.75, 3.05) is 4.72 Å². The quantitative estimate of drug-likeness (QED) is 0.258. The molecule has 2 aliphatic rings. The third-order valence-corrected chi connectivity index (χ3v) is 9.47. The van der Waals surface area contributed by atoms with Crippen LogP contribution in [0.2, 0.25) is 0 Å². The maximum absolute atomic E-state index is 14.1. The Bertz CT molecular complexity index is 1910. The number of rotatable bonds is 3. The van der Waals surface area contributed by atoms with Crippen molar-refractivity contribution in [2.45, 2.75) is 63.9 Å². The van der Waals surface area contributed by atoms with Crippen molar-refractivity contribution in [3.05, 3.63) is 100 Å². The van der Waals surface area contributed by atoms with Crippen molar-refractivity contribution in [3.8, 4) is 17.1 Å². The van der Waals surface area contributed by atoms with Gasteiger partial charge in [-0.3, -0.25) is 4.79 Å². The van der Waals surface area contributed by atoms with Crippen LogP contribution < -0.4 is 9.46 Å². The number of benzene rings is 3. The lowest BCUT2D eigenvalue weighted by molar-refractivity contribution is -0.137. The van der Waals surface area contributed by atoms with Gasteiger partial charge in [0, 0.05) is 23.7 Å². The summed E-state index contributed by atoms with van der Waals surface area (Å²) in [4.78, 5) is 24.4. The van der Waals surface area contributed by atoms with Crippen LogP contribution >= 0.6 is 0 Å². The summed E-state index contributed by atoms with van der Waals surface area (Å²) in [5.41, 5.74) is 2.93. The second-order valence-electron chi connectivity index (χ2n) is 11.9. The highest BCUT2D eigenvalue weighted by atomic mass is 32.2. The number of carbonyl (C=O) groups is 1. The summed E-state index contributed by atoms with van der Waals surface area (Å²) in [6.07, 6.45) is -5.06. The van der Waals surface area contributed by atoms with E-state index in [1.165, 1.54) is 35.2 Å². The van der Waals surface area contributed by atoms with E-state index in [1.54, 1.807) is 6.07 Å². The number of sulfonamides is 1. The minimum absolute atomic E-state index is 0.00483. The highest BCUT2D eigenvalue weighted by molar-refractivity contribution is 7.92. The van der Waals surface area contributed by atoms with E-state index in [-0.39, 0.29) is 40.3 Å². The number of nitrogens with one attached hydrogen (secondary N) is 1. The molecular formula is C33H31F3N4O4S. The zero-order valence-electron chi connectivity index (χ0n) is 25.0. The van der Waals surface area contributed by atoms with Crippen LogP contribution in [0.5, 0.6) is 5.88 Å². The van der Waals surface area contributed by atoms with Gasteiger partial charge in [0.15, 0.2) is 0 Å². The van der Waals surface area contributed by atoms with Crippen LogP contribution in [0.1, 0.15) is 64.5 Å². The van der Waals surface area contributed by atoms with Gasteiger partial charge in [-0.15, -0.1) is 0 Å². The lowest BCUT2D eigenvalue weighted by atomic mass is 9.85. The first kappa shape index (κ1) is 30.6. The van der Waals surface area contributed by atoms with Crippen molar-refractivity contribution in [1.82, 2.24) is 14.9 Å². The van der Waals surface area contributed by atoms with E-state index in [0.717, 1.165) is 28.8 Å². The first-order valence-electron chi connectivity index (χ1n) is 14.5. The average Bonchev–Trinajstić information content (AvgIpc) is 2.96. The molecule has 1 amide bonds. The molecule has 12 heteroatoms. The Hall–Kier alpha value is -4.45. The van der Waals surface area contributed by atoms with Crippen molar-refractivity contribution in [2.24, 2.45) is 5.92 Å². The van der Waals surface area contributed by atoms with Crippen LogP contribution in [0.15, 0.2) is 71.6 Å². The summed E-state index contributed by atoms with van der Waals surface area (Å²) in [6, 6.07) is 15.7. The number of aromatic nitrogens is 2. The second-order valence-corrected chi connectivity index (χ2v) is 13.6. The molecule has 6 bridgehead atoms. The Morgan fingerprint density at radius 3 is 2.40 bits per heavy atom. The molecule has 0 radical (unpaired) electrons. The molecule has 0 spiro atoms. The summed E-state index contributed by atoms with van der Waals surface area (Å²) in [7, 11) is -4.26. The molecule has 0 unspecified atom stereocenters. The lowest BCUT2D eigenvalue weighted by Gasteiger charge is -2.43. The molecule has 4 aromatic rings. The maximum atomic E-state index is 14.1. The molecule has 6 rings (SSSR count). The molecule has 3 heterocycles. The van der Waals surface area contributed by atoms with Gasteiger partial charge in [0.25, 0.3) is 15.9 Å².